The first-order valence-corrected chi connectivity index (χ1v) is 16.6. The molecule has 4 aliphatic rings. The van der Waals surface area contributed by atoms with E-state index >= 15 is 0 Å². The van der Waals surface area contributed by atoms with Crippen LogP contribution >= 0.6 is 23.2 Å². The van der Waals surface area contributed by atoms with Crippen molar-refractivity contribution in [2.24, 2.45) is 11.3 Å². The third kappa shape index (κ3) is 5.28. The molecule has 6 rings (SSSR count). The first-order valence-electron chi connectivity index (χ1n) is 14.0. The van der Waals surface area contributed by atoms with E-state index in [0.717, 1.165) is 17.5 Å². The lowest BCUT2D eigenvalue weighted by Gasteiger charge is -2.59. The zero-order valence-corrected chi connectivity index (χ0v) is 26.3. The molecule has 2 aromatic heterocycles. The lowest BCUT2D eigenvalue weighted by molar-refractivity contribution is -0.117. The van der Waals surface area contributed by atoms with Crippen LogP contribution in [0.25, 0.3) is 0 Å². The fourth-order valence-electron chi connectivity index (χ4n) is 7.03. The zero-order chi connectivity index (χ0) is 30.0. The second-order valence-electron chi connectivity index (χ2n) is 12.2. The SMILES string of the molecule is COC1CC2NNC(c3cnc(N4CC5(C4)CN(S(C)(=O)=O)C5)c(C#N)c3)C2CC1O[C@H](C)c1c(Cl)cnc(C)c1Cl. The molecule has 42 heavy (non-hydrogen) atoms. The number of nitrogens with zero attached hydrogens (tertiary/aromatic N) is 5. The molecule has 1 aliphatic carbocycles. The van der Waals surface area contributed by atoms with Crippen LogP contribution in [0.1, 0.15) is 54.3 Å². The van der Waals surface area contributed by atoms with E-state index < -0.39 is 10.0 Å². The van der Waals surface area contributed by atoms with Crippen LogP contribution in [0.15, 0.2) is 18.5 Å². The Kier molecular flexibility index (Phi) is 7.94. The van der Waals surface area contributed by atoms with Crippen LogP contribution in [0.5, 0.6) is 0 Å². The summed E-state index contributed by atoms with van der Waals surface area (Å²) in [5.74, 6) is 0.814. The summed E-state index contributed by atoms with van der Waals surface area (Å²) in [7, 11) is -1.47. The number of nitriles is 1. The number of fused-ring (bicyclic) bond motifs is 1. The second kappa shape index (κ2) is 11.1. The number of sulfonamides is 1. The molecule has 11 nitrogen and oxygen atoms in total. The summed E-state index contributed by atoms with van der Waals surface area (Å²) in [4.78, 5) is 11.0. The van der Waals surface area contributed by atoms with Crippen molar-refractivity contribution in [1.82, 2.24) is 25.1 Å². The topological polar surface area (TPSA) is 133 Å². The molecule has 0 amide bonds. The quantitative estimate of drug-likeness (QED) is 0.467. The third-order valence-corrected chi connectivity index (χ3v) is 11.2. The number of rotatable bonds is 7. The van der Waals surface area contributed by atoms with E-state index in [1.165, 1.54) is 10.6 Å². The number of anilines is 1. The number of ether oxygens (including phenoxy) is 2. The maximum Gasteiger partial charge on any atom is 0.211 e. The van der Waals surface area contributed by atoms with Gasteiger partial charge in [0.1, 0.15) is 11.9 Å². The van der Waals surface area contributed by atoms with E-state index in [9.17, 15) is 13.7 Å². The van der Waals surface area contributed by atoms with Crippen molar-refractivity contribution in [1.29, 1.82) is 5.26 Å². The largest absolute Gasteiger partial charge is 0.379 e. The van der Waals surface area contributed by atoms with Crippen molar-refractivity contribution in [3.8, 4) is 6.07 Å². The molecule has 1 spiro atoms. The molecule has 5 unspecified atom stereocenters. The Bertz CT molecular complexity index is 1520. The Morgan fingerprint density at radius 2 is 1.88 bits per heavy atom. The van der Waals surface area contributed by atoms with Crippen LogP contribution in [0.3, 0.4) is 0 Å². The highest BCUT2D eigenvalue weighted by Gasteiger charge is 2.55. The molecule has 226 valence electrons. The van der Waals surface area contributed by atoms with Crippen molar-refractivity contribution < 1.29 is 17.9 Å². The van der Waals surface area contributed by atoms with Gasteiger partial charge in [-0.1, -0.05) is 23.2 Å². The monoisotopic (exact) mass is 635 g/mol. The van der Waals surface area contributed by atoms with E-state index in [4.69, 9.17) is 37.7 Å². The van der Waals surface area contributed by atoms with Gasteiger partial charge in [0, 0.05) is 62.7 Å². The number of halogens is 2. The summed E-state index contributed by atoms with van der Waals surface area (Å²) in [6, 6.07) is 4.33. The number of hydrogen-bond acceptors (Lipinski definition) is 10. The highest BCUT2D eigenvalue weighted by atomic mass is 35.5. The summed E-state index contributed by atoms with van der Waals surface area (Å²) in [5.41, 5.74) is 9.67. The van der Waals surface area contributed by atoms with Gasteiger partial charge in [-0.05, 0) is 44.2 Å². The van der Waals surface area contributed by atoms with Gasteiger partial charge in [0.15, 0.2) is 0 Å². The van der Waals surface area contributed by atoms with Crippen molar-refractivity contribution in [3.05, 3.63) is 50.9 Å². The molecule has 0 radical (unpaired) electrons. The Balaban J connectivity index is 1.16. The molecular formula is C28H35Cl2N7O4S. The number of methoxy groups -OCH3 is 1. The van der Waals surface area contributed by atoms with E-state index in [1.807, 2.05) is 26.1 Å². The van der Waals surface area contributed by atoms with Crippen LogP contribution in [0.2, 0.25) is 10.0 Å². The minimum atomic E-state index is -3.17. The number of aryl methyl sites for hydroxylation is 1. The molecule has 6 atom stereocenters. The fourth-order valence-corrected chi connectivity index (χ4v) is 8.70. The Hall–Kier alpha value is -2.08. The van der Waals surface area contributed by atoms with Gasteiger partial charge in [-0.3, -0.25) is 10.4 Å². The third-order valence-electron chi connectivity index (χ3n) is 9.26. The van der Waals surface area contributed by atoms with Gasteiger partial charge in [-0.15, -0.1) is 0 Å². The molecule has 3 saturated heterocycles. The minimum Gasteiger partial charge on any atom is -0.379 e. The van der Waals surface area contributed by atoms with Gasteiger partial charge in [0.2, 0.25) is 10.0 Å². The molecule has 0 aromatic carbocycles. The van der Waals surface area contributed by atoms with Gasteiger partial charge in [-0.25, -0.2) is 23.1 Å². The Labute approximate surface area is 256 Å². The van der Waals surface area contributed by atoms with Gasteiger partial charge >= 0.3 is 0 Å². The predicted molar refractivity (Wildman–Crippen MR) is 159 cm³/mol. The first-order chi connectivity index (χ1) is 19.9. The lowest BCUT2D eigenvalue weighted by atomic mass is 9.74. The van der Waals surface area contributed by atoms with Crippen molar-refractivity contribution in [2.45, 2.75) is 57.1 Å². The second-order valence-corrected chi connectivity index (χ2v) is 14.9. The molecule has 4 fully saturated rings. The first kappa shape index (κ1) is 30.0. The van der Waals surface area contributed by atoms with Crippen LogP contribution in [0, 0.1) is 29.6 Å². The van der Waals surface area contributed by atoms with Crippen LogP contribution < -0.4 is 15.8 Å². The maximum atomic E-state index is 11.8. The van der Waals surface area contributed by atoms with E-state index in [1.54, 1.807) is 13.3 Å². The van der Waals surface area contributed by atoms with E-state index in [-0.39, 0.29) is 41.7 Å². The normalized spacial score (nSPS) is 29.5. The molecule has 3 aliphatic heterocycles. The summed E-state index contributed by atoms with van der Waals surface area (Å²) < 4.78 is 37.5. The van der Waals surface area contributed by atoms with E-state index in [2.05, 4.69) is 26.8 Å². The van der Waals surface area contributed by atoms with Crippen molar-refractivity contribution >= 4 is 39.0 Å². The summed E-state index contributed by atoms with van der Waals surface area (Å²) in [6.07, 6.45) is 5.45. The molecule has 14 heteroatoms. The number of aromatic nitrogens is 2. The average molecular weight is 637 g/mol. The maximum absolute atomic E-state index is 11.8. The van der Waals surface area contributed by atoms with Gasteiger partial charge in [-0.2, -0.15) is 5.26 Å². The number of pyridine rings is 2. The number of nitrogens with one attached hydrogen (secondary N) is 2. The number of hydrazine groups is 1. The zero-order valence-electron chi connectivity index (χ0n) is 24.0. The number of hydrogen-bond donors (Lipinski definition) is 2. The molecule has 1 saturated carbocycles. The molecule has 2 N–H and O–H groups in total. The standard InChI is InChI=1S/C28H35Cl2N7O4S/c1-15-25(30)24(20(29)10-32-15)16(2)41-23-6-19-21(7-22(23)40-3)34-35-26(19)18-5-17(8-31)27(33-9-18)36-11-28(12-36)13-37(14-28)42(4,38)39/h5,9-10,16,19,21-23,26,34-35H,6-7,11-14H2,1-4H3/t16-,19?,21?,22?,23?,26?/m1/s1. The molecule has 5 heterocycles. The smallest absolute Gasteiger partial charge is 0.211 e. The summed E-state index contributed by atoms with van der Waals surface area (Å²) in [5, 5.41) is 11.0. The van der Waals surface area contributed by atoms with Gasteiger partial charge in [0.05, 0.1) is 51.9 Å². The Morgan fingerprint density at radius 3 is 2.55 bits per heavy atom. The molecular weight excluding hydrogens is 601 g/mol. The van der Waals surface area contributed by atoms with Crippen molar-refractivity contribution in [3.63, 3.8) is 0 Å². The van der Waals surface area contributed by atoms with Crippen LogP contribution in [0.4, 0.5) is 5.82 Å². The lowest BCUT2D eigenvalue weighted by Crippen LogP contribution is -2.73. The van der Waals surface area contributed by atoms with Crippen LogP contribution in [-0.4, -0.2) is 80.5 Å². The van der Waals surface area contributed by atoms with Crippen LogP contribution in [-0.2, 0) is 19.5 Å². The summed E-state index contributed by atoms with van der Waals surface area (Å²) >= 11 is 13.0. The highest BCUT2D eigenvalue weighted by molar-refractivity contribution is 7.88. The van der Waals surface area contributed by atoms with E-state index in [0.29, 0.717) is 59.7 Å². The van der Waals surface area contributed by atoms with Gasteiger partial charge < -0.3 is 14.4 Å². The summed E-state index contributed by atoms with van der Waals surface area (Å²) in [6.45, 7) is 6.20. The highest BCUT2D eigenvalue weighted by Crippen LogP contribution is 2.45. The van der Waals surface area contributed by atoms with Crippen molar-refractivity contribution in [2.75, 3.05) is 44.4 Å². The molecule has 0 bridgehead atoms. The fraction of sp³-hybridized carbons (Fsp3) is 0.607. The van der Waals surface area contributed by atoms with Gasteiger partial charge in [0.25, 0.3) is 0 Å². The Morgan fingerprint density at radius 1 is 1.14 bits per heavy atom. The average Bonchev–Trinajstić information content (AvgIpc) is 3.31. The predicted octanol–water partition coefficient (Wildman–Crippen LogP) is 3.13. The molecule has 2 aromatic rings. The minimum absolute atomic E-state index is 0.0458.